The highest BCUT2D eigenvalue weighted by molar-refractivity contribution is 8.14. The van der Waals surface area contributed by atoms with Gasteiger partial charge in [0.15, 0.2) is 0 Å². The highest BCUT2D eigenvalue weighted by Crippen LogP contribution is 2.50. The van der Waals surface area contributed by atoms with Gasteiger partial charge in [-0.25, -0.2) is 9.46 Å². The summed E-state index contributed by atoms with van der Waals surface area (Å²) in [5.41, 5.74) is 0.498. The molecular formula is C49H53N4O9PS. The van der Waals surface area contributed by atoms with Crippen molar-refractivity contribution in [3.63, 3.8) is 0 Å². The maximum atomic E-state index is 13.6. The zero-order chi connectivity index (χ0) is 45.6. The van der Waals surface area contributed by atoms with Crippen molar-refractivity contribution in [2.24, 2.45) is 0 Å². The molecule has 2 heterocycles. The Labute approximate surface area is 379 Å². The Kier molecular flexibility index (Phi) is 17.1. The number of nitrogens with zero attached hydrogens (tertiary/aromatic N) is 3. The van der Waals surface area contributed by atoms with Crippen molar-refractivity contribution < 1.29 is 32.8 Å². The van der Waals surface area contributed by atoms with Crippen molar-refractivity contribution in [1.29, 1.82) is 5.26 Å². The number of hydrogen-bond donors (Lipinski definition) is 1. The van der Waals surface area contributed by atoms with E-state index < -0.39 is 43.8 Å². The molecule has 0 radical (unpaired) electrons. The molecule has 0 bridgehead atoms. The standard InChI is InChI=1S/C49H53N4O9PS/c1-34(2)53(35(3)4)63(60-29-14-28-50)62-43-31-45(52-32-37(46(54)51-48(52)56)17-13-30-64-47(55)36-15-9-7-10-16-36)61-44(43)33-59-49(38-18-11-8-12-19-38,39-20-24-41(57-5)25-21-39)40-22-26-42(58-6)27-23-40/h7-12,15-16,18-27,32,34-35,43-45H,14,29-31,33H2,1-6H3,(H,51,54,56)/t43-,44+,45+,63?/m0/s1. The maximum absolute atomic E-state index is 13.6. The molecule has 13 nitrogen and oxygen atoms in total. The average molecular weight is 905 g/mol. The van der Waals surface area contributed by atoms with Gasteiger partial charge < -0.3 is 28.0 Å². The molecule has 0 spiro atoms. The molecule has 0 aliphatic carbocycles. The van der Waals surface area contributed by atoms with Gasteiger partial charge in [0.2, 0.25) is 5.12 Å². The quantitative estimate of drug-likeness (QED) is 0.0366. The van der Waals surface area contributed by atoms with Crippen molar-refractivity contribution in [3.8, 4) is 29.4 Å². The van der Waals surface area contributed by atoms with E-state index in [-0.39, 0.29) is 54.6 Å². The van der Waals surface area contributed by atoms with Crippen LogP contribution in [0, 0.1) is 23.2 Å². The Balaban J connectivity index is 1.39. The molecule has 6 rings (SSSR count). The fraction of sp³-hybridized carbons (Fsp3) is 0.347. The number of rotatable bonds is 19. The number of thioether (sulfide) groups is 1. The molecule has 1 aliphatic rings. The topological polar surface area (TPSA) is 154 Å². The normalized spacial score (nSPS) is 16.6. The zero-order valence-electron chi connectivity index (χ0n) is 36.8. The Hall–Kier alpha value is -5.54. The van der Waals surface area contributed by atoms with Crippen LogP contribution >= 0.6 is 20.3 Å². The van der Waals surface area contributed by atoms with Crippen molar-refractivity contribution in [2.75, 3.05) is 33.2 Å². The summed E-state index contributed by atoms with van der Waals surface area (Å²) in [7, 11) is 1.48. The van der Waals surface area contributed by atoms with Crippen LogP contribution in [0.25, 0.3) is 0 Å². The van der Waals surface area contributed by atoms with Gasteiger partial charge in [-0.15, -0.1) is 0 Å². The van der Waals surface area contributed by atoms with Crippen LogP contribution in [0.2, 0.25) is 0 Å². The summed E-state index contributed by atoms with van der Waals surface area (Å²) < 4.78 is 41.9. The zero-order valence-corrected chi connectivity index (χ0v) is 38.5. The van der Waals surface area contributed by atoms with Gasteiger partial charge in [-0.3, -0.25) is 19.1 Å². The van der Waals surface area contributed by atoms with Gasteiger partial charge in [0.1, 0.15) is 35.0 Å². The molecule has 1 unspecified atom stereocenters. The van der Waals surface area contributed by atoms with E-state index in [2.05, 4.69) is 55.3 Å². The lowest BCUT2D eigenvalue weighted by molar-refractivity contribution is -0.0925. The monoisotopic (exact) mass is 904 g/mol. The number of H-pyrrole nitrogens is 1. The lowest BCUT2D eigenvalue weighted by Crippen LogP contribution is -2.39. The number of carbonyl (C=O) groups excluding carboxylic acids is 1. The van der Waals surface area contributed by atoms with Crippen LogP contribution in [0.3, 0.4) is 0 Å². The van der Waals surface area contributed by atoms with Gasteiger partial charge in [0, 0.05) is 30.3 Å². The summed E-state index contributed by atoms with van der Waals surface area (Å²) in [6, 6.07) is 36.3. The fourth-order valence-corrected chi connectivity index (χ4v) is 9.84. The first-order valence-electron chi connectivity index (χ1n) is 20.9. The van der Waals surface area contributed by atoms with E-state index in [1.807, 2.05) is 84.9 Å². The first kappa shape index (κ1) is 47.9. The minimum Gasteiger partial charge on any atom is -0.497 e. The Bertz CT molecular complexity index is 2460. The molecule has 1 fully saturated rings. The lowest BCUT2D eigenvalue weighted by Gasteiger charge is -2.39. The Morgan fingerprint density at radius 2 is 1.47 bits per heavy atom. The molecule has 4 atom stereocenters. The average Bonchev–Trinajstić information content (AvgIpc) is 3.71. The van der Waals surface area contributed by atoms with Gasteiger partial charge in [-0.2, -0.15) is 5.26 Å². The molecule has 1 aromatic heterocycles. The van der Waals surface area contributed by atoms with E-state index in [1.165, 1.54) is 10.8 Å². The lowest BCUT2D eigenvalue weighted by atomic mass is 9.80. The van der Waals surface area contributed by atoms with Crippen molar-refractivity contribution in [1.82, 2.24) is 14.2 Å². The van der Waals surface area contributed by atoms with E-state index in [9.17, 15) is 19.6 Å². The first-order chi connectivity index (χ1) is 31.0. The minimum atomic E-state index is -1.75. The molecule has 4 aromatic carbocycles. The summed E-state index contributed by atoms with van der Waals surface area (Å²) in [5.74, 6) is 7.22. The summed E-state index contributed by atoms with van der Waals surface area (Å²) in [6.45, 7) is 8.33. The number of carbonyl (C=O) groups is 1. The Morgan fingerprint density at radius 3 is 2.03 bits per heavy atom. The van der Waals surface area contributed by atoms with Crippen molar-refractivity contribution >= 4 is 25.4 Å². The van der Waals surface area contributed by atoms with Crippen LogP contribution in [0.4, 0.5) is 0 Å². The molecule has 0 saturated carbocycles. The van der Waals surface area contributed by atoms with Gasteiger partial charge >= 0.3 is 5.69 Å². The minimum absolute atomic E-state index is 0.0148. The second-order valence-corrected chi connectivity index (χ2v) is 17.7. The summed E-state index contributed by atoms with van der Waals surface area (Å²) in [5, 5.41) is 9.26. The largest absolute Gasteiger partial charge is 0.497 e. The van der Waals surface area contributed by atoms with Crippen LogP contribution in [0.5, 0.6) is 11.5 Å². The second-order valence-electron chi connectivity index (χ2n) is 15.3. The molecule has 1 aliphatic heterocycles. The summed E-state index contributed by atoms with van der Waals surface area (Å²) in [6.07, 6.45) is -0.694. The summed E-state index contributed by atoms with van der Waals surface area (Å²) in [4.78, 5) is 41.7. The predicted molar refractivity (Wildman–Crippen MR) is 248 cm³/mol. The number of benzene rings is 4. The number of aromatic amines is 1. The molecular weight excluding hydrogens is 852 g/mol. The van der Waals surface area contributed by atoms with Crippen LogP contribution in [0.1, 0.15) is 79.4 Å². The van der Waals surface area contributed by atoms with Crippen molar-refractivity contribution in [3.05, 3.63) is 164 Å². The number of hydrogen-bond acceptors (Lipinski definition) is 12. The van der Waals surface area contributed by atoms with Crippen LogP contribution in [-0.4, -0.2) is 76.8 Å². The molecule has 334 valence electrons. The van der Waals surface area contributed by atoms with Crippen LogP contribution in [0.15, 0.2) is 125 Å². The second kappa shape index (κ2) is 22.9. The van der Waals surface area contributed by atoms with E-state index in [4.69, 9.17) is 28.0 Å². The number of aromatic nitrogens is 2. The number of nitriles is 1. The van der Waals surface area contributed by atoms with Gasteiger partial charge in [-0.05, 0) is 68.7 Å². The molecule has 64 heavy (non-hydrogen) atoms. The fourth-order valence-electron chi connectivity index (χ4n) is 7.50. The SMILES string of the molecule is COc1ccc(C(OC[C@H]2O[C@@H](n3cc(C#CCSC(=O)c4ccccc4)c(=O)[nH]c3=O)C[C@@H]2OP(OCCC#N)N(C(C)C)C(C)C)(c2ccccc2)c2ccc(OC)cc2)cc1. The summed E-state index contributed by atoms with van der Waals surface area (Å²) >= 11 is 1.02. The molecule has 5 aromatic rings. The van der Waals surface area contributed by atoms with Gasteiger partial charge in [0.05, 0.1) is 51.8 Å². The third-order valence-corrected chi connectivity index (χ3v) is 13.4. The number of ether oxygens (including phenoxy) is 4. The molecule has 1 saturated heterocycles. The van der Waals surface area contributed by atoms with Crippen LogP contribution in [-0.2, 0) is 24.1 Å². The van der Waals surface area contributed by atoms with E-state index in [1.54, 1.807) is 38.5 Å². The maximum Gasteiger partial charge on any atom is 0.330 e. The molecule has 1 N–H and O–H groups in total. The molecule has 15 heteroatoms. The highest BCUT2D eigenvalue weighted by atomic mass is 32.2. The number of nitrogens with one attached hydrogen (secondary N) is 1. The Morgan fingerprint density at radius 1 is 0.891 bits per heavy atom. The third-order valence-electron chi connectivity index (χ3n) is 10.5. The van der Waals surface area contributed by atoms with E-state index in [0.717, 1.165) is 28.5 Å². The smallest absolute Gasteiger partial charge is 0.330 e. The number of methoxy groups -OCH3 is 2. The first-order valence-corrected chi connectivity index (χ1v) is 23.1. The van der Waals surface area contributed by atoms with Gasteiger partial charge in [-0.1, -0.05) is 109 Å². The van der Waals surface area contributed by atoms with E-state index >= 15 is 0 Å². The van der Waals surface area contributed by atoms with Crippen molar-refractivity contribution in [2.45, 2.75) is 76.7 Å². The van der Waals surface area contributed by atoms with Crippen LogP contribution < -0.4 is 20.7 Å². The van der Waals surface area contributed by atoms with Gasteiger partial charge in [0.25, 0.3) is 14.1 Å². The van der Waals surface area contributed by atoms with E-state index in [0.29, 0.717) is 17.1 Å². The highest BCUT2D eigenvalue weighted by Gasteiger charge is 2.45. The third kappa shape index (κ3) is 11.6. The molecule has 0 amide bonds. The predicted octanol–water partition coefficient (Wildman–Crippen LogP) is 8.44.